The van der Waals surface area contributed by atoms with Crippen LogP contribution in [-0.4, -0.2) is 7.05 Å². The third kappa shape index (κ3) is 2.72. The summed E-state index contributed by atoms with van der Waals surface area (Å²) in [6.07, 6.45) is 0.933. The van der Waals surface area contributed by atoms with Crippen LogP contribution in [0.5, 0.6) is 0 Å². The summed E-state index contributed by atoms with van der Waals surface area (Å²) >= 11 is 2.36. The maximum absolute atomic E-state index is 5.83. The summed E-state index contributed by atoms with van der Waals surface area (Å²) < 4.78 is 7.08. The second-order valence-electron chi connectivity index (χ2n) is 3.90. The molecule has 0 spiro atoms. The fourth-order valence-corrected chi connectivity index (χ4v) is 2.60. The molecule has 90 valence electrons. The van der Waals surface area contributed by atoms with Gasteiger partial charge >= 0.3 is 0 Å². The van der Waals surface area contributed by atoms with E-state index in [0.29, 0.717) is 0 Å². The lowest BCUT2D eigenvalue weighted by Gasteiger charge is -2.15. The zero-order valence-corrected chi connectivity index (χ0v) is 12.2. The molecule has 1 unspecified atom stereocenters. The maximum Gasteiger partial charge on any atom is 0.125 e. The molecule has 2 aromatic rings. The van der Waals surface area contributed by atoms with Crippen molar-refractivity contribution in [2.45, 2.75) is 19.4 Å². The Morgan fingerprint density at radius 2 is 2.00 bits per heavy atom. The van der Waals surface area contributed by atoms with E-state index in [0.717, 1.165) is 17.9 Å². The third-order valence-electron chi connectivity index (χ3n) is 2.82. The van der Waals surface area contributed by atoms with E-state index in [2.05, 4.69) is 71.2 Å². The molecule has 1 aromatic heterocycles. The average Bonchev–Trinajstić information content (AvgIpc) is 2.81. The maximum atomic E-state index is 5.83. The lowest BCUT2D eigenvalue weighted by atomic mass is 10.1. The van der Waals surface area contributed by atoms with Gasteiger partial charge in [0.1, 0.15) is 11.5 Å². The lowest BCUT2D eigenvalue weighted by Crippen LogP contribution is -2.18. The highest BCUT2D eigenvalue weighted by Crippen LogP contribution is 2.27. The van der Waals surface area contributed by atoms with E-state index in [1.807, 2.05) is 7.05 Å². The predicted molar refractivity (Wildman–Crippen MR) is 78.1 cm³/mol. The summed E-state index contributed by atoms with van der Waals surface area (Å²) in [5.41, 5.74) is 1.26. The van der Waals surface area contributed by atoms with Crippen LogP contribution < -0.4 is 5.32 Å². The van der Waals surface area contributed by atoms with E-state index in [1.54, 1.807) is 0 Å². The molecule has 1 atom stereocenters. The second kappa shape index (κ2) is 5.69. The van der Waals surface area contributed by atoms with Crippen LogP contribution in [0.15, 0.2) is 40.8 Å². The summed E-state index contributed by atoms with van der Waals surface area (Å²) in [7, 11) is 1.96. The van der Waals surface area contributed by atoms with Gasteiger partial charge in [0.2, 0.25) is 0 Å². The van der Waals surface area contributed by atoms with Gasteiger partial charge in [0, 0.05) is 9.99 Å². The molecule has 0 aliphatic heterocycles. The molecule has 0 aliphatic carbocycles. The monoisotopic (exact) mass is 341 g/mol. The average molecular weight is 341 g/mol. The first-order chi connectivity index (χ1) is 8.26. The SMILES string of the molecule is CCc1ccc(C(NC)c2ccccc2I)o1. The van der Waals surface area contributed by atoms with Crippen molar-refractivity contribution in [2.75, 3.05) is 7.05 Å². The summed E-state index contributed by atoms with van der Waals surface area (Å²) in [4.78, 5) is 0. The van der Waals surface area contributed by atoms with Gasteiger partial charge in [-0.05, 0) is 53.4 Å². The van der Waals surface area contributed by atoms with Gasteiger partial charge in [-0.25, -0.2) is 0 Å². The number of nitrogens with one attached hydrogen (secondary N) is 1. The molecule has 0 aliphatic rings. The zero-order valence-electron chi connectivity index (χ0n) is 10.0. The molecule has 0 saturated heterocycles. The number of hydrogen-bond donors (Lipinski definition) is 1. The van der Waals surface area contributed by atoms with Crippen LogP contribution in [0.3, 0.4) is 0 Å². The molecule has 1 N–H and O–H groups in total. The minimum absolute atomic E-state index is 0.128. The first-order valence-electron chi connectivity index (χ1n) is 5.76. The Morgan fingerprint density at radius 3 is 2.59 bits per heavy atom. The highest BCUT2D eigenvalue weighted by Gasteiger charge is 2.17. The van der Waals surface area contributed by atoms with E-state index in [1.165, 1.54) is 9.13 Å². The van der Waals surface area contributed by atoms with Crippen LogP contribution in [-0.2, 0) is 6.42 Å². The van der Waals surface area contributed by atoms with E-state index in [-0.39, 0.29) is 6.04 Å². The van der Waals surface area contributed by atoms with E-state index < -0.39 is 0 Å². The smallest absolute Gasteiger partial charge is 0.125 e. The Kier molecular flexibility index (Phi) is 4.23. The standard InChI is InChI=1S/C14H16INO/c1-3-10-8-9-13(17-10)14(16-2)11-6-4-5-7-12(11)15/h4-9,14,16H,3H2,1-2H3. The molecule has 2 nitrogen and oxygen atoms in total. The summed E-state index contributed by atoms with van der Waals surface area (Å²) in [5, 5.41) is 3.31. The van der Waals surface area contributed by atoms with Crippen LogP contribution in [0.4, 0.5) is 0 Å². The van der Waals surface area contributed by atoms with Crippen molar-refractivity contribution in [3.8, 4) is 0 Å². The summed E-state index contributed by atoms with van der Waals surface area (Å²) in [6.45, 7) is 2.10. The van der Waals surface area contributed by atoms with Crippen LogP contribution in [0.2, 0.25) is 0 Å². The van der Waals surface area contributed by atoms with Crippen molar-refractivity contribution in [2.24, 2.45) is 0 Å². The number of benzene rings is 1. The summed E-state index contributed by atoms with van der Waals surface area (Å²) in [5.74, 6) is 2.01. The van der Waals surface area contributed by atoms with Crippen molar-refractivity contribution in [3.05, 3.63) is 57.1 Å². The van der Waals surface area contributed by atoms with E-state index >= 15 is 0 Å². The van der Waals surface area contributed by atoms with Gasteiger partial charge in [0.05, 0.1) is 6.04 Å². The quantitative estimate of drug-likeness (QED) is 0.857. The Bertz CT molecular complexity index is 492. The van der Waals surface area contributed by atoms with Crippen molar-refractivity contribution < 1.29 is 4.42 Å². The first kappa shape index (κ1) is 12.6. The predicted octanol–water partition coefficient (Wildman–Crippen LogP) is 3.76. The normalized spacial score (nSPS) is 12.6. The lowest BCUT2D eigenvalue weighted by molar-refractivity contribution is 0.433. The fraction of sp³-hybridized carbons (Fsp3) is 0.286. The molecule has 2 rings (SSSR count). The van der Waals surface area contributed by atoms with Crippen LogP contribution in [0.25, 0.3) is 0 Å². The number of aryl methyl sites for hydroxylation is 1. The highest BCUT2D eigenvalue weighted by molar-refractivity contribution is 14.1. The van der Waals surface area contributed by atoms with Crippen LogP contribution >= 0.6 is 22.6 Å². The van der Waals surface area contributed by atoms with Crippen molar-refractivity contribution in [3.63, 3.8) is 0 Å². The molecule has 1 heterocycles. The number of halogens is 1. The van der Waals surface area contributed by atoms with Gasteiger partial charge in [-0.15, -0.1) is 0 Å². The molecular formula is C14H16INO. The number of furan rings is 1. The molecule has 0 fully saturated rings. The van der Waals surface area contributed by atoms with Gasteiger partial charge in [0.15, 0.2) is 0 Å². The molecule has 3 heteroatoms. The number of rotatable bonds is 4. The van der Waals surface area contributed by atoms with Gasteiger partial charge in [0.25, 0.3) is 0 Å². The number of hydrogen-bond acceptors (Lipinski definition) is 2. The summed E-state index contributed by atoms with van der Waals surface area (Å²) in [6, 6.07) is 12.6. The van der Waals surface area contributed by atoms with E-state index in [4.69, 9.17) is 4.42 Å². The van der Waals surface area contributed by atoms with Crippen molar-refractivity contribution in [1.82, 2.24) is 5.32 Å². The van der Waals surface area contributed by atoms with Crippen molar-refractivity contribution in [1.29, 1.82) is 0 Å². The third-order valence-corrected chi connectivity index (χ3v) is 3.80. The first-order valence-corrected chi connectivity index (χ1v) is 6.84. The molecule has 0 amide bonds. The van der Waals surface area contributed by atoms with Gasteiger partial charge in [-0.3, -0.25) is 0 Å². The Hall–Kier alpha value is -0.810. The topological polar surface area (TPSA) is 25.2 Å². The second-order valence-corrected chi connectivity index (χ2v) is 5.06. The van der Waals surface area contributed by atoms with Gasteiger partial charge in [-0.1, -0.05) is 25.1 Å². The minimum Gasteiger partial charge on any atom is -0.464 e. The Morgan fingerprint density at radius 1 is 1.24 bits per heavy atom. The Balaban J connectivity index is 2.36. The Labute approximate surface area is 116 Å². The largest absolute Gasteiger partial charge is 0.464 e. The molecule has 1 aromatic carbocycles. The molecule has 17 heavy (non-hydrogen) atoms. The minimum atomic E-state index is 0.128. The zero-order chi connectivity index (χ0) is 12.3. The van der Waals surface area contributed by atoms with Crippen LogP contribution in [0, 0.1) is 3.57 Å². The van der Waals surface area contributed by atoms with Crippen molar-refractivity contribution >= 4 is 22.6 Å². The highest BCUT2D eigenvalue weighted by atomic mass is 127. The van der Waals surface area contributed by atoms with E-state index in [9.17, 15) is 0 Å². The van der Waals surface area contributed by atoms with Gasteiger partial charge < -0.3 is 9.73 Å². The van der Waals surface area contributed by atoms with Gasteiger partial charge in [-0.2, -0.15) is 0 Å². The molecular weight excluding hydrogens is 325 g/mol. The fourth-order valence-electron chi connectivity index (χ4n) is 1.90. The molecule has 0 radical (unpaired) electrons. The molecule has 0 saturated carbocycles. The molecule has 0 bridgehead atoms. The van der Waals surface area contributed by atoms with Crippen LogP contribution in [0.1, 0.15) is 30.0 Å².